The highest BCUT2D eigenvalue weighted by Crippen LogP contribution is 2.49. The molecule has 1 amide bonds. The number of amides is 1. The summed E-state index contributed by atoms with van der Waals surface area (Å²) in [5.41, 5.74) is 4.12. The lowest BCUT2D eigenvalue weighted by Gasteiger charge is -2.32. The van der Waals surface area contributed by atoms with E-state index in [0.29, 0.717) is 24.7 Å². The number of nitrogens with zero attached hydrogens (tertiary/aromatic N) is 2. The number of carbonyl (C=O) groups is 1. The summed E-state index contributed by atoms with van der Waals surface area (Å²) in [5.74, 6) is 2.53. The molecule has 1 N–H and O–H groups in total. The second-order valence-corrected chi connectivity index (χ2v) is 8.92. The molecule has 2 fully saturated rings. The Morgan fingerprint density at radius 1 is 1.03 bits per heavy atom. The first kappa shape index (κ1) is 22.6. The average molecular weight is 438 g/mol. The Labute approximate surface area is 191 Å². The highest BCUT2D eigenvalue weighted by molar-refractivity contribution is 5.94. The molecule has 1 aliphatic carbocycles. The second-order valence-electron chi connectivity index (χ2n) is 8.92. The van der Waals surface area contributed by atoms with Crippen LogP contribution in [0, 0.1) is 6.92 Å². The van der Waals surface area contributed by atoms with Gasteiger partial charge in [-0.05, 0) is 81.7 Å². The zero-order valence-corrected chi connectivity index (χ0v) is 19.5. The zero-order chi connectivity index (χ0) is 22.5. The van der Waals surface area contributed by atoms with Crippen LogP contribution >= 0.6 is 0 Å². The van der Waals surface area contributed by atoms with E-state index < -0.39 is 0 Å². The number of hydrogen-bond acceptors (Lipinski definition) is 5. The Bertz CT molecular complexity index is 907. The van der Waals surface area contributed by atoms with E-state index in [-0.39, 0.29) is 11.9 Å². The summed E-state index contributed by atoms with van der Waals surface area (Å²) in [5, 5.41) is 3.18. The molecule has 1 aromatic heterocycles. The lowest BCUT2D eigenvalue weighted by atomic mass is 10.0. The molecule has 0 atom stereocenters. The standard InChI is InChI=1S/C26H35N3O3/c1-4-31-23-13-19(14-24(32-5-2)25(23)20-6-7-20)17-29-10-8-22(9-11-29)28-26(30)21-12-18(3)15-27-16-21/h12-16,20,22H,4-11,17H2,1-3H3,(H,28,30). The topological polar surface area (TPSA) is 63.7 Å². The van der Waals surface area contributed by atoms with Crippen LogP contribution in [0.2, 0.25) is 0 Å². The molecule has 1 aromatic carbocycles. The lowest BCUT2D eigenvalue weighted by molar-refractivity contribution is 0.0908. The maximum absolute atomic E-state index is 12.5. The molecular formula is C26H35N3O3. The Morgan fingerprint density at radius 3 is 2.25 bits per heavy atom. The number of nitrogens with one attached hydrogen (secondary N) is 1. The van der Waals surface area contributed by atoms with Crippen molar-refractivity contribution in [3.05, 3.63) is 52.8 Å². The fourth-order valence-corrected chi connectivity index (χ4v) is 4.51. The van der Waals surface area contributed by atoms with E-state index in [2.05, 4.69) is 27.3 Å². The van der Waals surface area contributed by atoms with E-state index in [1.165, 1.54) is 24.0 Å². The van der Waals surface area contributed by atoms with Gasteiger partial charge in [-0.2, -0.15) is 0 Å². The van der Waals surface area contributed by atoms with Crippen LogP contribution in [0.1, 0.15) is 72.5 Å². The minimum atomic E-state index is -0.0296. The van der Waals surface area contributed by atoms with Crippen molar-refractivity contribution in [2.45, 2.75) is 65.0 Å². The third kappa shape index (κ3) is 5.60. The van der Waals surface area contributed by atoms with Crippen LogP contribution in [0.3, 0.4) is 0 Å². The normalized spacial score (nSPS) is 17.2. The first-order chi connectivity index (χ1) is 15.6. The lowest BCUT2D eigenvalue weighted by Crippen LogP contribution is -2.44. The molecule has 1 aliphatic heterocycles. The zero-order valence-electron chi connectivity index (χ0n) is 19.5. The number of aryl methyl sites for hydroxylation is 1. The Morgan fingerprint density at radius 2 is 1.69 bits per heavy atom. The first-order valence-electron chi connectivity index (χ1n) is 11.9. The van der Waals surface area contributed by atoms with Crippen LogP contribution in [0.4, 0.5) is 0 Å². The molecular weight excluding hydrogens is 402 g/mol. The van der Waals surface area contributed by atoms with E-state index >= 15 is 0 Å². The van der Waals surface area contributed by atoms with Crippen molar-refractivity contribution in [3.63, 3.8) is 0 Å². The summed E-state index contributed by atoms with van der Waals surface area (Å²) >= 11 is 0. The number of carbonyl (C=O) groups excluding carboxylic acids is 1. The Kier molecular flexibility index (Phi) is 7.30. The molecule has 172 valence electrons. The van der Waals surface area contributed by atoms with Crippen molar-refractivity contribution in [2.24, 2.45) is 0 Å². The summed E-state index contributed by atoms with van der Waals surface area (Å²) < 4.78 is 12.0. The summed E-state index contributed by atoms with van der Waals surface area (Å²) in [4.78, 5) is 19.1. The molecule has 2 aromatic rings. The molecule has 0 spiro atoms. The molecule has 1 saturated heterocycles. The number of pyridine rings is 1. The van der Waals surface area contributed by atoms with E-state index in [4.69, 9.17) is 9.47 Å². The number of benzene rings is 1. The number of rotatable bonds is 9. The number of hydrogen-bond donors (Lipinski definition) is 1. The van der Waals surface area contributed by atoms with Gasteiger partial charge in [0.15, 0.2) is 0 Å². The number of aromatic nitrogens is 1. The Balaban J connectivity index is 1.37. The third-order valence-corrected chi connectivity index (χ3v) is 6.22. The summed E-state index contributed by atoms with van der Waals surface area (Å²) in [7, 11) is 0. The molecule has 32 heavy (non-hydrogen) atoms. The first-order valence-corrected chi connectivity index (χ1v) is 11.9. The smallest absolute Gasteiger partial charge is 0.253 e. The number of piperidine rings is 1. The van der Waals surface area contributed by atoms with E-state index in [9.17, 15) is 4.79 Å². The van der Waals surface area contributed by atoms with Gasteiger partial charge in [-0.25, -0.2) is 0 Å². The molecule has 6 nitrogen and oxygen atoms in total. The van der Waals surface area contributed by atoms with Gasteiger partial charge in [0.1, 0.15) is 11.5 Å². The van der Waals surface area contributed by atoms with Crippen molar-refractivity contribution in [1.29, 1.82) is 0 Å². The molecule has 6 heteroatoms. The van der Waals surface area contributed by atoms with Crippen molar-refractivity contribution in [3.8, 4) is 11.5 Å². The van der Waals surface area contributed by atoms with Crippen LogP contribution in [0.15, 0.2) is 30.6 Å². The van der Waals surface area contributed by atoms with Crippen molar-refractivity contribution in [1.82, 2.24) is 15.2 Å². The van der Waals surface area contributed by atoms with Crippen molar-refractivity contribution < 1.29 is 14.3 Å². The van der Waals surface area contributed by atoms with Crippen LogP contribution < -0.4 is 14.8 Å². The second kappa shape index (κ2) is 10.3. The van der Waals surface area contributed by atoms with Crippen molar-refractivity contribution >= 4 is 5.91 Å². The average Bonchev–Trinajstić information content (AvgIpc) is 3.61. The molecule has 0 radical (unpaired) electrons. The number of likely N-dealkylation sites (tertiary alicyclic amines) is 1. The van der Waals surface area contributed by atoms with E-state index in [0.717, 1.165) is 49.5 Å². The Hall–Kier alpha value is -2.60. The highest BCUT2D eigenvalue weighted by atomic mass is 16.5. The van der Waals surface area contributed by atoms with Crippen LogP contribution in [0.5, 0.6) is 11.5 Å². The number of ether oxygens (including phenoxy) is 2. The van der Waals surface area contributed by atoms with Crippen LogP contribution in [-0.4, -0.2) is 48.1 Å². The SMILES string of the molecule is CCOc1cc(CN2CCC(NC(=O)c3cncc(C)c3)CC2)cc(OCC)c1C1CC1. The van der Waals surface area contributed by atoms with Crippen molar-refractivity contribution in [2.75, 3.05) is 26.3 Å². The maximum Gasteiger partial charge on any atom is 0.253 e. The molecule has 2 aliphatic rings. The van der Waals surface area contributed by atoms with Crippen LogP contribution in [0.25, 0.3) is 0 Å². The predicted octanol–water partition coefficient (Wildman–Crippen LogP) is 4.46. The van der Waals surface area contributed by atoms with Gasteiger partial charge in [0.05, 0.1) is 18.8 Å². The van der Waals surface area contributed by atoms with Gasteiger partial charge in [-0.3, -0.25) is 14.7 Å². The van der Waals surface area contributed by atoms with Gasteiger partial charge in [-0.15, -0.1) is 0 Å². The quantitative estimate of drug-likeness (QED) is 0.628. The van der Waals surface area contributed by atoms with Gasteiger partial charge >= 0.3 is 0 Å². The van der Waals surface area contributed by atoms with Gasteiger partial charge in [0.2, 0.25) is 0 Å². The summed E-state index contributed by atoms with van der Waals surface area (Å²) in [6.07, 6.45) is 7.73. The molecule has 2 heterocycles. The monoisotopic (exact) mass is 437 g/mol. The molecule has 4 rings (SSSR count). The molecule has 0 unspecified atom stereocenters. The van der Waals surface area contributed by atoms with Gasteiger partial charge < -0.3 is 14.8 Å². The van der Waals surface area contributed by atoms with Gasteiger partial charge in [-0.1, -0.05) is 0 Å². The predicted molar refractivity (Wildman–Crippen MR) is 125 cm³/mol. The molecule has 0 bridgehead atoms. The third-order valence-electron chi connectivity index (χ3n) is 6.22. The maximum atomic E-state index is 12.5. The van der Waals surface area contributed by atoms with Gasteiger partial charge in [0, 0.05) is 43.6 Å². The largest absolute Gasteiger partial charge is 0.493 e. The minimum Gasteiger partial charge on any atom is -0.493 e. The highest BCUT2D eigenvalue weighted by Gasteiger charge is 2.31. The van der Waals surface area contributed by atoms with Gasteiger partial charge in [0.25, 0.3) is 5.91 Å². The van der Waals surface area contributed by atoms with E-state index in [1.54, 1.807) is 12.4 Å². The fourth-order valence-electron chi connectivity index (χ4n) is 4.51. The van der Waals surface area contributed by atoms with E-state index in [1.807, 2.05) is 26.8 Å². The summed E-state index contributed by atoms with van der Waals surface area (Å²) in [6.45, 7) is 10.1. The fraction of sp³-hybridized carbons (Fsp3) is 0.538. The summed E-state index contributed by atoms with van der Waals surface area (Å²) in [6, 6.07) is 6.50. The minimum absolute atomic E-state index is 0.0296. The molecule has 1 saturated carbocycles. The van der Waals surface area contributed by atoms with Crippen LogP contribution in [-0.2, 0) is 6.54 Å².